The van der Waals surface area contributed by atoms with Crippen molar-refractivity contribution in [2.45, 2.75) is 12.5 Å². The number of ether oxygens (including phenoxy) is 2. The van der Waals surface area contributed by atoms with E-state index in [1.165, 1.54) is 26.4 Å². The Balaban J connectivity index is 1.71. The van der Waals surface area contributed by atoms with Crippen LogP contribution in [0.4, 0.5) is 5.69 Å². The minimum atomic E-state index is -1.09. The molecule has 168 valence electrons. The Hall–Kier alpha value is -3.84. The van der Waals surface area contributed by atoms with Crippen molar-refractivity contribution in [3.05, 3.63) is 88.4 Å². The van der Waals surface area contributed by atoms with Crippen LogP contribution in [-0.2, 0) is 11.2 Å². The number of hydrogen-bond acceptors (Lipinski definition) is 5. The Labute approximate surface area is 195 Å². The van der Waals surface area contributed by atoms with Gasteiger partial charge in [-0.1, -0.05) is 54.1 Å². The van der Waals surface area contributed by atoms with Crippen LogP contribution >= 0.6 is 11.6 Å². The summed E-state index contributed by atoms with van der Waals surface area (Å²) in [4.78, 5) is 40.8. The summed E-state index contributed by atoms with van der Waals surface area (Å²) in [6.07, 6.45) is 0.144. The van der Waals surface area contributed by atoms with Crippen LogP contribution in [0, 0.1) is 0 Å². The van der Waals surface area contributed by atoms with Crippen molar-refractivity contribution in [2.75, 3.05) is 19.5 Å². The van der Waals surface area contributed by atoms with E-state index < -0.39 is 23.8 Å². The molecule has 0 saturated heterocycles. The molecule has 0 bridgehead atoms. The van der Waals surface area contributed by atoms with Gasteiger partial charge in [-0.3, -0.25) is 19.3 Å². The number of halogens is 1. The van der Waals surface area contributed by atoms with E-state index in [1.54, 1.807) is 24.3 Å². The molecule has 0 radical (unpaired) electrons. The van der Waals surface area contributed by atoms with Gasteiger partial charge in [-0.25, -0.2) is 0 Å². The normalized spacial score (nSPS) is 13.5. The van der Waals surface area contributed by atoms with Gasteiger partial charge >= 0.3 is 0 Å². The smallest absolute Gasteiger partial charge is 0.262 e. The van der Waals surface area contributed by atoms with E-state index in [9.17, 15) is 14.4 Å². The van der Waals surface area contributed by atoms with E-state index in [-0.39, 0.29) is 17.5 Å². The van der Waals surface area contributed by atoms with Crippen molar-refractivity contribution >= 4 is 35.0 Å². The van der Waals surface area contributed by atoms with Gasteiger partial charge in [-0.2, -0.15) is 0 Å². The molecule has 0 aromatic heterocycles. The fraction of sp³-hybridized carbons (Fsp3) is 0.160. The number of nitrogens with zero attached hydrogens (tertiary/aromatic N) is 1. The largest absolute Gasteiger partial charge is 0.495 e. The fourth-order valence-electron chi connectivity index (χ4n) is 3.80. The molecular formula is C25H21ClN2O5. The highest BCUT2D eigenvalue weighted by molar-refractivity contribution is 6.32. The summed E-state index contributed by atoms with van der Waals surface area (Å²) in [7, 11) is 2.90. The third-order valence-electron chi connectivity index (χ3n) is 5.44. The highest BCUT2D eigenvalue weighted by atomic mass is 35.5. The van der Waals surface area contributed by atoms with E-state index in [0.29, 0.717) is 22.2 Å². The second kappa shape index (κ2) is 9.34. The summed E-state index contributed by atoms with van der Waals surface area (Å²) in [5, 5.41) is 3.09. The lowest BCUT2D eigenvalue weighted by Gasteiger charge is -2.26. The van der Waals surface area contributed by atoms with Crippen molar-refractivity contribution < 1.29 is 23.9 Å². The quantitative estimate of drug-likeness (QED) is 0.529. The number of carbonyl (C=O) groups excluding carboxylic acids is 3. The van der Waals surface area contributed by atoms with E-state index in [0.717, 1.165) is 10.5 Å². The van der Waals surface area contributed by atoms with Crippen molar-refractivity contribution in [2.24, 2.45) is 0 Å². The van der Waals surface area contributed by atoms with Gasteiger partial charge in [0.05, 0.1) is 36.1 Å². The maximum absolute atomic E-state index is 13.5. The second-order valence-corrected chi connectivity index (χ2v) is 7.81. The number of imide groups is 1. The fourth-order valence-corrected chi connectivity index (χ4v) is 4.03. The van der Waals surface area contributed by atoms with E-state index in [1.807, 2.05) is 30.3 Å². The Morgan fingerprint density at radius 3 is 2.06 bits per heavy atom. The lowest BCUT2D eigenvalue weighted by Crippen LogP contribution is -2.48. The van der Waals surface area contributed by atoms with E-state index in [4.69, 9.17) is 21.1 Å². The highest BCUT2D eigenvalue weighted by Gasteiger charge is 2.42. The Kier molecular flexibility index (Phi) is 6.33. The lowest BCUT2D eigenvalue weighted by atomic mass is 10.0. The molecule has 0 spiro atoms. The topological polar surface area (TPSA) is 84.9 Å². The maximum atomic E-state index is 13.5. The summed E-state index contributed by atoms with van der Waals surface area (Å²) >= 11 is 6.16. The number of carbonyl (C=O) groups is 3. The van der Waals surface area contributed by atoms with E-state index >= 15 is 0 Å². The molecule has 3 amide bonds. The van der Waals surface area contributed by atoms with Crippen molar-refractivity contribution in [3.8, 4) is 11.5 Å². The third-order valence-corrected chi connectivity index (χ3v) is 5.74. The molecule has 1 atom stereocenters. The molecule has 1 aliphatic rings. The first kappa shape index (κ1) is 22.4. The first-order valence-electron chi connectivity index (χ1n) is 10.2. The minimum Gasteiger partial charge on any atom is -0.495 e. The summed E-state index contributed by atoms with van der Waals surface area (Å²) < 4.78 is 10.6. The zero-order valence-electron chi connectivity index (χ0n) is 18.0. The van der Waals surface area contributed by atoms with Crippen molar-refractivity contribution in [1.29, 1.82) is 0 Å². The van der Waals surface area contributed by atoms with Crippen LogP contribution < -0.4 is 14.8 Å². The summed E-state index contributed by atoms with van der Waals surface area (Å²) in [5.74, 6) is -0.904. The Morgan fingerprint density at radius 1 is 0.909 bits per heavy atom. The third kappa shape index (κ3) is 4.27. The number of rotatable bonds is 7. The van der Waals surface area contributed by atoms with Gasteiger partial charge in [-0.05, 0) is 17.7 Å². The first-order chi connectivity index (χ1) is 15.9. The summed E-state index contributed by atoms with van der Waals surface area (Å²) in [6.45, 7) is 0. The van der Waals surface area contributed by atoms with Crippen LogP contribution in [0.2, 0.25) is 5.02 Å². The molecule has 1 aliphatic heterocycles. The molecule has 4 rings (SSSR count). The minimum absolute atomic E-state index is 0.144. The zero-order chi connectivity index (χ0) is 23.5. The Bertz CT molecular complexity index is 1190. The van der Waals surface area contributed by atoms with Crippen LogP contribution in [0.3, 0.4) is 0 Å². The summed E-state index contributed by atoms with van der Waals surface area (Å²) in [5.41, 5.74) is 1.66. The molecule has 1 N–H and O–H groups in total. The molecule has 0 aliphatic carbocycles. The number of methoxy groups -OCH3 is 2. The van der Waals surface area contributed by atoms with Gasteiger partial charge in [0.15, 0.2) is 0 Å². The summed E-state index contributed by atoms with van der Waals surface area (Å²) in [6, 6.07) is 17.7. The van der Waals surface area contributed by atoms with Gasteiger partial charge in [0.25, 0.3) is 11.8 Å². The maximum Gasteiger partial charge on any atom is 0.262 e. The van der Waals surface area contributed by atoms with Gasteiger partial charge in [0.2, 0.25) is 5.91 Å². The zero-order valence-corrected chi connectivity index (χ0v) is 18.8. The van der Waals surface area contributed by atoms with Gasteiger partial charge < -0.3 is 14.8 Å². The SMILES string of the molecule is COc1cc(NC(=O)[C@H](Cc2ccccc2)N2C(=O)c3ccccc3C2=O)c(OC)cc1Cl. The molecule has 1 heterocycles. The van der Waals surface area contributed by atoms with Crippen molar-refractivity contribution in [1.82, 2.24) is 4.90 Å². The average Bonchev–Trinajstić information content (AvgIpc) is 3.09. The van der Waals surface area contributed by atoms with Gasteiger partial charge in [0.1, 0.15) is 17.5 Å². The molecule has 3 aromatic carbocycles. The predicted molar refractivity (Wildman–Crippen MR) is 124 cm³/mol. The number of nitrogens with one attached hydrogen (secondary N) is 1. The molecule has 8 heteroatoms. The molecule has 0 unspecified atom stereocenters. The van der Waals surface area contributed by atoms with E-state index in [2.05, 4.69) is 5.32 Å². The van der Waals surface area contributed by atoms with Gasteiger partial charge in [-0.15, -0.1) is 0 Å². The number of hydrogen-bond donors (Lipinski definition) is 1. The first-order valence-corrected chi connectivity index (χ1v) is 10.6. The lowest BCUT2D eigenvalue weighted by molar-refractivity contribution is -0.119. The van der Waals surface area contributed by atoms with Crippen LogP contribution in [0.5, 0.6) is 11.5 Å². The predicted octanol–water partition coefficient (Wildman–Crippen LogP) is 4.20. The number of fused-ring (bicyclic) bond motifs is 1. The van der Waals surface area contributed by atoms with Crippen molar-refractivity contribution in [3.63, 3.8) is 0 Å². The van der Waals surface area contributed by atoms with Crippen LogP contribution in [0.25, 0.3) is 0 Å². The average molecular weight is 465 g/mol. The van der Waals surface area contributed by atoms with Crippen LogP contribution in [0.15, 0.2) is 66.7 Å². The number of benzene rings is 3. The van der Waals surface area contributed by atoms with Gasteiger partial charge in [0, 0.05) is 18.6 Å². The molecule has 3 aromatic rings. The monoisotopic (exact) mass is 464 g/mol. The Morgan fingerprint density at radius 2 is 1.48 bits per heavy atom. The molecule has 0 fully saturated rings. The number of anilines is 1. The standard InChI is InChI=1S/C25H21ClN2O5/c1-32-21-14-19(22(33-2)13-18(21)26)27-23(29)20(12-15-8-4-3-5-9-15)28-24(30)16-10-6-7-11-17(16)25(28)31/h3-11,13-14,20H,12H2,1-2H3,(H,27,29)/t20-/m0/s1. The molecule has 0 saturated carbocycles. The molecule has 33 heavy (non-hydrogen) atoms. The number of amides is 3. The van der Waals surface area contributed by atoms with Crippen LogP contribution in [0.1, 0.15) is 26.3 Å². The molecular weight excluding hydrogens is 444 g/mol. The highest BCUT2D eigenvalue weighted by Crippen LogP contribution is 2.36. The molecule has 7 nitrogen and oxygen atoms in total. The second-order valence-electron chi connectivity index (χ2n) is 7.41. The van der Waals surface area contributed by atoms with Crippen LogP contribution in [-0.4, -0.2) is 42.9 Å².